The first-order valence-electron chi connectivity index (χ1n) is 10.1. The summed E-state index contributed by atoms with van der Waals surface area (Å²) in [7, 11) is 0. The van der Waals surface area contributed by atoms with Crippen molar-refractivity contribution in [3.63, 3.8) is 0 Å². The quantitative estimate of drug-likeness (QED) is 0.336. The zero-order valence-electron chi connectivity index (χ0n) is 17.9. The predicted octanol–water partition coefficient (Wildman–Crippen LogP) is 4.71. The summed E-state index contributed by atoms with van der Waals surface area (Å²) in [4.78, 5) is 24.3. The monoisotopic (exact) mass is 487 g/mol. The van der Waals surface area contributed by atoms with E-state index in [1.807, 2.05) is 18.2 Å². The lowest BCUT2D eigenvalue weighted by molar-refractivity contribution is -0.115. The summed E-state index contributed by atoms with van der Waals surface area (Å²) in [5.41, 5.74) is 9.44. The van der Waals surface area contributed by atoms with Crippen molar-refractivity contribution in [3.8, 4) is 0 Å². The second kappa shape index (κ2) is 11.9. The molecule has 0 atom stereocenters. The molecule has 1 heterocycles. The van der Waals surface area contributed by atoms with E-state index in [2.05, 4.69) is 52.9 Å². The number of aryl methyl sites for hydroxylation is 2. The third-order valence-electron chi connectivity index (χ3n) is 4.50. The molecule has 2 amide bonds. The molecule has 2 aromatic carbocycles. The van der Waals surface area contributed by atoms with Crippen LogP contribution in [0.1, 0.15) is 25.0 Å². The molecule has 0 saturated heterocycles. The van der Waals surface area contributed by atoms with Gasteiger partial charge in [0.05, 0.1) is 17.2 Å². The van der Waals surface area contributed by atoms with Crippen molar-refractivity contribution in [3.05, 3.63) is 53.6 Å². The second-order valence-electron chi connectivity index (χ2n) is 6.74. The molecule has 0 bridgehead atoms. The highest BCUT2D eigenvalue weighted by molar-refractivity contribution is 8.01. The maximum absolute atomic E-state index is 12.4. The lowest BCUT2D eigenvalue weighted by Crippen LogP contribution is -2.15. The van der Waals surface area contributed by atoms with Crippen molar-refractivity contribution in [2.75, 3.05) is 22.1 Å². The average molecular weight is 488 g/mol. The summed E-state index contributed by atoms with van der Waals surface area (Å²) in [6.45, 7) is 4.26. The highest BCUT2D eigenvalue weighted by Crippen LogP contribution is 2.32. The van der Waals surface area contributed by atoms with E-state index in [-0.39, 0.29) is 17.4 Å². The Morgan fingerprint density at radius 1 is 0.969 bits per heavy atom. The Hall–Kier alpha value is -2.56. The van der Waals surface area contributed by atoms with Gasteiger partial charge in [0.25, 0.3) is 0 Å². The summed E-state index contributed by atoms with van der Waals surface area (Å²) in [6, 6.07) is 13.6. The van der Waals surface area contributed by atoms with Gasteiger partial charge in [-0.3, -0.25) is 9.59 Å². The predicted molar refractivity (Wildman–Crippen MR) is 134 cm³/mol. The van der Waals surface area contributed by atoms with Crippen LogP contribution in [0.2, 0.25) is 0 Å². The molecule has 0 unspecified atom stereocenters. The molecule has 3 aromatic rings. The van der Waals surface area contributed by atoms with Crippen LogP contribution in [-0.4, -0.2) is 33.5 Å². The standard InChI is InChI=1S/C22H25N5O2S3/c1-3-14-8-7-9-15(4-2)20(14)25-21-26-27-22(32-21)31-13-19(29)24-16-10-5-6-11-17(16)30-12-18(23)28/h5-11H,3-4,12-13H2,1-2H3,(H2,23,28)(H,24,29)(H,25,26). The van der Waals surface area contributed by atoms with Crippen molar-refractivity contribution in [2.45, 2.75) is 35.9 Å². The summed E-state index contributed by atoms with van der Waals surface area (Å²) < 4.78 is 0.714. The van der Waals surface area contributed by atoms with Crippen molar-refractivity contribution in [1.82, 2.24) is 10.2 Å². The van der Waals surface area contributed by atoms with Crippen LogP contribution in [0.5, 0.6) is 0 Å². The van der Waals surface area contributed by atoms with E-state index in [0.29, 0.717) is 15.2 Å². The topological polar surface area (TPSA) is 110 Å². The third kappa shape index (κ3) is 6.72. The first kappa shape index (κ1) is 24.1. The maximum atomic E-state index is 12.4. The number of carbonyl (C=O) groups is 2. The molecule has 0 saturated carbocycles. The van der Waals surface area contributed by atoms with Crippen molar-refractivity contribution >= 4 is 63.2 Å². The normalized spacial score (nSPS) is 10.7. The number of nitrogens with one attached hydrogen (secondary N) is 2. The molecule has 0 aliphatic carbocycles. The molecule has 1 aromatic heterocycles. The SMILES string of the molecule is CCc1cccc(CC)c1Nc1nnc(SCC(=O)Nc2ccccc2SCC(N)=O)s1. The Morgan fingerprint density at radius 3 is 2.38 bits per heavy atom. The number of anilines is 3. The number of thioether (sulfide) groups is 2. The Bertz CT molecular complexity index is 1060. The molecule has 32 heavy (non-hydrogen) atoms. The molecule has 0 radical (unpaired) electrons. The molecule has 0 aliphatic heterocycles. The molecule has 0 aliphatic rings. The number of primary amides is 1. The van der Waals surface area contributed by atoms with E-state index in [9.17, 15) is 9.59 Å². The van der Waals surface area contributed by atoms with Gasteiger partial charge in [-0.2, -0.15) is 0 Å². The van der Waals surface area contributed by atoms with Crippen molar-refractivity contribution in [2.24, 2.45) is 5.73 Å². The number of carbonyl (C=O) groups excluding carboxylic acids is 2. The Labute approximate surface area is 200 Å². The molecule has 7 nitrogen and oxygen atoms in total. The van der Waals surface area contributed by atoms with Gasteiger partial charge in [-0.25, -0.2) is 0 Å². The van der Waals surface area contributed by atoms with Gasteiger partial charge in [0.1, 0.15) is 0 Å². The van der Waals surface area contributed by atoms with Crippen LogP contribution in [0.15, 0.2) is 51.7 Å². The molecule has 0 spiro atoms. The minimum atomic E-state index is -0.403. The number of rotatable bonds is 11. The molecular formula is C22H25N5O2S3. The number of nitrogens with two attached hydrogens (primary N) is 1. The summed E-state index contributed by atoms with van der Waals surface area (Å²) in [5, 5.41) is 15.4. The van der Waals surface area contributed by atoms with Gasteiger partial charge in [0.2, 0.25) is 16.9 Å². The van der Waals surface area contributed by atoms with Crippen LogP contribution >= 0.6 is 34.9 Å². The van der Waals surface area contributed by atoms with E-state index in [1.54, 1.807) is 6.07 Å². The van der Waals surface area contributed by atoms with Crippen molar-refractivity contribution < 1.29 is 9.59 Å². The lowest BCUT2D eigenvalue weighted by atomic mass is 10.0. The van der Waals surface area contributed by atoms with Crippen LogP contribution in [-0.2, 0) is 22.4 Å². The first-order chi connectivity index (χ1) is 15.5. The van der Waals surface area contributed by atoms with Crippen LogP contribution in [0.4, 0.5) is 16.5 Å². The van der Waals surface area contributed by atoms with E-state index in [1.165, 1.54) is 46.0 Å². The number of benzene rings is 2. The molecular weight excluding hydrogens is 462 g/mol. The van der Waals surface area contributed by atoms with Gasteiger partial charge >= 0.3 is 0 Å². The smallest absolute Gasteiger partial charge is 0.234 e. The summed E-state index contributed by atoms with van der Waals surface area (Å²) in [5.74, 6) is -0.199. The van der Waals surface area contributed by atoms with E-state index in [0.717, 1.165) is 23.4 Å². The zero-order chi connectivity index (χ0) is 22.9. The van der Waals surface area contributed by atoms with Gasteiger partial charge < -0.3 is 16.4 Å². The van der Waals surface area contributed by atoms with E-state index < -0.39 is 5.91 Å². The second-order valence-corrected chi connectivity index (χ2v) is 9.96. The number of hydrogen-bond acceptors (Lipinski definition) is 8. The van der Waals surface area contributed by atoms with Gasteiger partial charge in [0, 0.05) is 10.6 Å². The number of aromatic nitrogens is 2. The number of amides is 2. The Balaban J connectivity index is 1.58. The van der Waals surface area contributed by atoms with Gasteiger partial charge in [-0.15, -0.1) is 22.0 Å². The third-order valence-corrected chi connectivity index (χ3v) is 7.56. The molecule has 168 valence electrons. The zero-order valence-corrected chi connectivity index (χ0v) is 20.3. The van der Waals surface area contributed by atoms with Crippen molar-refractivity contribution in [1.29, 1.82) is 0 Å². The summed E-state index contributed by atoms with van der Waals surface area (Å²) in [6.07, 6.45) is 1.85. The van der Waals surface area contributed by atoms with Crippen LogP contribution in [0.25, 0.3) is 0 Å². The van der Waals surface area contributed by atoms with E-state index >= 15 is 0 Å². The average Bonchev–Trinajstić information content (AvgIpc) is 3.24. The molecule has 0 fully saturated rings. The molecule has 4 N–H and O–H groups in total. The van der Waals surface area contributed by atoms with E-state index in [4.69, 9.17) is 5.73 Å². The van der Waals surface area contributed by atoms with Gasteiger partial charge in [-0.05, 0) is 36.1 Å². The fourth-order valence-corrected chi connectivity index (χ4v) is 5.29. The molecule has 3 rings (SSSR count). The largest absolute Gasteiger partial charge is 0.369 e. The first-order valence-corrected chi connectivity index (χ1v) is 12.9. The number of nitrogens with zero attached hydrogens (tertiary/aromatic N) is 2. The number of hydrogen-bond donors (Lipinski definition) is 3. The van der Waals surface area contributed by atoms with Crippen LogP contribution < -0.4 is 16.4 Å². The minimum Gasteiger partial charge on any atom is -0.369 e. The fraction of sp³-hybridized carbons (Fsp3) is 0.273. The highest BCUT2D eigenvalue weighted by atomic mass is 32.2. The van der Waals surface area contributed by atoms with Crippen LogP contribution in [0, 0.1) is 0 Å². The molecule has 10 heteroatoms. The Morgan fingerprint density at radius 2 is 1.69 bits per heavy atom. The maximum Gasteiger partial charge on any atom is 0.234 e. The van der Waals surface area contributed by atoms with Gasteiger partial charge in [0.15, 0.2) is 4.34 Å². The summed E-state index contributed by atoms with van der Waals surface area (Å²) >= 11 is 4.06. The highest BCUT2D eigenvalue weighted by Gasteiger charge is 2.13. The minimum absolute atomic E-state index is 0.156. The van der Waals surface area contributed by atoms with Gasteiger partial charge in [-0.1, -0.05) is 67.3 Å². The Kier molecular flexibility index (Phi) is 8.95. The van der Waals surface area contributed by atoms with Crippen LogP contribution in [0.3, 0.4) is 0 Å². The fourth-order valence-electron chi connectivity index (χ4n) is 2.99. The number of para-hydroxylation sites is 2. The lowest BCUT2D eigenvalue weighted by Gasteiger charge is -2.13.